The highest BCUT2D eigenvalue weighted by molar-refractivity contribution is 7.99. The zero-order valence-electron chi connectivity index (χ0n) is 11.7. The number of hydrogen-bond donors (Lipinski definition) is 0. The first-order valence-corrected chi connectivity index (χ1v) is 7.27. The smallest absolute Gasteiger partial charge is 0.258 e. The summed E-state index contributed by atoms with van der Waals surface area (Å²) in [6.07, 6.45) is 0. The minimum absolute atomic E-state index is 0.0456. The zero-order valence-corrected chi connectivity index (χ0v) is 13.3. The topological polar surface area (TPSA) is 86.3 Å². The van der Waals surface area contributed by atoms with E-state index in [0.717, 1.165) is 25.1 Å². The van der Waals surface area contributed by atoms with Crippen LogP contribution in [0, 0.1) is 44.6 Å². The van der Waals surface area contributed by atoms with E-state index in [9.17, 15) is 33.4 Å². The quantitative estimate of drug-likeness (QED) is 0.423. The summed E-state index contributed by atoms with van der Waals surface area (Å²) in [5.41, 5.74) is -2.21. The summed E-state index contributed by atoms with van der Waals surface area (Å²) >= 11 is 6.08. The fourth-order valence-corrected chi connectivity index (χ4v) is 3.04. The maximum absolute atomic E-state index is 14.0. The molecule has 2 aromatic rings. The molecule has 0 aliphatic heterocycles. The largest absolute Gasteiger partial charge is 0.347 e. The number of halogens is 4. The first-order valence-electron chi connectivity index (χ1n) is 6.08. The van der Waals surface area contributed by atoms with E-state index in [0.29, 0.717) is 11.8 Å². The lowest BCUT2D eigenvalue weighted by Crippen LogP contribution is -1.99. The van der Waals surface area contributed by atoms with Gasteiger partial charge in [-0.15, -0.1) is 0 Å². The highest BCUT2D eigenvalue weighted by atomic mass is 35.5. The Bertz CT molecular complexity index is 850. The Kier molecular flexibility index (Phi) is 4.99. The van der Waals surface area contributed by atoms with Gasteiger partial charge >= 0.3 is 11.4 Å². The molecule has 0 aromatic heterocycles. The van der Waals surface area contributed by atoms with Crippen molar-refractivity contribution in [2.45, 2.75) is 16.7 Å². The van der Waals surface area contributed by atoms with Crippen LogP contribution in [-0.4, -0.2) is 9.85 Å². The minimum atomic E-state index is -1.43. The van der Waals surface area contributed by atoms with E-state index in [1.807, 2.05) is 0 Å². The third-order valence-electron chi connectivity index (χ3n) is 3.00. The maximum Gasteiger partial charge on any atom is 0.347 e. The summed E-state index contributed by atoms with van der Waals surface area (Å²) in [6.45, 7) is 1.00. The predicted molar refractivity (Wildman–Crippen MR) is 79.9 cm³/mol. The molecule has 2 rings (SSSR count). The highest BCUT2D eigenvalue weighted by Crippen LogP contribution is 2.41. The molecule has 0 bridgehead atoms. The molecule has 0 heterocycles. The lowest BCUT2D eigenvalue weighted by molar-refractivity contribution is -0.422. The van der Waals surface area contributed by atoms with Crippen molar-refractivity contribution in [3.8, 4) is 0 Å². The van der Waals surface area contributed by atoms with Crippen LogP contribution in [-0.2, 0) is 0 Å². The average Bonchev–Trinajstić information content (AvgIpc) is 2.54. The Labute approximate surface area is 141 Å². The first kappa shape index (κ1) is 18.0. The third kappa shape index (κ3) is 3.15. The van der Waals surface area contributed by atoms with Crippen molar-refractivity contribution < 1.29 is 23.0 Å². The second kappa shape index (κ2) is 6.65. The molecule has 0 unspecified atom stereocenters. The first-order chi connectivity index (χ1) is 11.1. The van der Waals surface area contributed by atoms with Gasteiger partial charge in [0.05, 0.1) is 19.8 Å². The standard InChI is InChI=1S/C13H6ClF3N2O4S/c1-5-10(15)9(14)13(12(17)11(5)16)24-6-2-3-7(18(20)21)8(4-6)19(22)23/h2-4H,1H3. The van der Waals surface area contributed by atoms with Crippen LogP contribution in [0.4, 0.5) is 24.5 Å². The van der Waals surface area contributed by atoms with Crippen molar-refractivity contribution in [1.29, 1.82) is 0 Å². The summed E-state index contributed by atoms with van der Waals surface area (Å²) in [5, 5.41) is 21.0. The molecular weight excluding hydrogens is 373 g/mol. The van der Waals surface area contributed by atoms with Gasteiger partial charge < -0.3 is 0 Å². The Morgan fingerprint density at radius 2 is 1.58 bits per heavy atom. The second-order valence-corrected chi connectivity index (χ2v) is 5.94. The van der Waals surface area contributed by atoms with Crippen LogP contribution in [0.3, 0.4) is 0 Å². The van der Waals surface area contributed by atoms with Gasteiger partial charge in [-0.25, -0.2) is 13.2 Å². The molecule has 126 valence electrons. The van der Waals surface area contributed by atoms with Gasteiger partial charge in [0, 0.05) is 22.6 Å². The van der Waals surface area contributed by atoms with Crippen LogP contribution in [0.5, 0.6) is 0 Å². The van der Waals surface area contributed by atoms with E-state index in [-0.39, 0.29) is 4.90 Å². The molecule has 11 heteroatoms. The van der Waals surface area contributed by atoms with Gasteiger partial charge in [-0.2, -0.15) is 0 Å². The summed E-state index contributed by atoms with van der Waals surface area (Å²) < 4.78 is 41.4. The van der Waals surface area contributed by atoms with E-state index < -0.39 is 54.2 Å². The van der Waals surface area contributed by atoms with Crippen molar-refractivity contribution in [1.82, 2.24) is 0 Å². The molecule has 0 fully saturated rings. The van der Waals surface area contributed by atoms with Crippen molar-refractivity contribution in [3.63, 3.8) is 0 Å². The normalized spacial score (nSPS) is 10.7. The molecule has 0 aliphatic rings. The zero-order chi connectivity index (χ0) is 18.2. The fourth-order valence-electron chi connectivity index (χ4n) is 1.80. The fraction of sp³-hybridized carbons (Fsp3) is 0.0769. The molecule has 2 aromatic carbocycles. The van der Waals surface area contributed by atoms with E-state index >= 15 is 0 Å². The maximum atomic E-state index is 14.0. The van der Waals surface area contributed by atoms with E-state index in [1.54, 1.807) is 0 Å². The number of nitrogens with zero attached hydrogens (tertiary/aromatic N) is 2. The minimum Gasteiger partial charge on any atom is -0.258 e. The van der Waals surface area contributed by atoms with Crippen molar-refractivity contribution in [3.05, 3.63) is 66.5 Å². The predicted octanol–water partition coefficient (Wildman–Crippen LogP) is 5.03. The monoisotopic (exact) mass is 378 g/mol. The lowest BCUT2D eigenvalue weighted by atomic mass is 10.2. The molecule has 0 amide bonds. The van der Waals surface area contributed by atoms with E-state index in [2.05, 4.69) is 0 Å². The Morgan fingerprint density at radius 1 is 1.00 bits per heavy atom. The number of nitro groups is 2. The van der Waals surface area contributed by atoms with Gasteiger partial charge in [0.1, 0.15) is 5.82 Å². The number of rotatable bonds is 4. The second-order valence-electron chi connectivity index (χ2n) is 4.48. The highest BCUT2D eigenvalue weighted by Gasteiger charge is 2.26. The van der Waals surface area contributed by atoms with E-state index in [4.69, 9.17) is 11.6 Å². The average molecular weight is 379 g/mol. The molecule has 0 saturated carbocycles. The molecule has 0 spiro atoms. The number of hydrogen-bond acceptors (Lipinski definition) is 5. The van der Waals surface area contributed by atoms with Crippen LogP contribution in [0.25, 0.3) is 0 Å². The van der Waals surface area contributed by atoms with Crippen LogP contribution >= 0.6 is 23.4 Å². The third-order valence-corrected chi connectivity index (χ3v) is 4.55. The molecule has 0 atom stereocenters. The van der Waals surface area contributed by atoms with Crippen LogP contribution in [0.15, 0.2) is 28.0 Å². The Balaban J connectivity index is 2.56. The SMILES string of the molecule is Cc1c(F)c(F)c(Sc2ccc([N+](=O)[O-])c([N+](=O)[O-])c2)c(Cl)c1F. The summed E-state index contributed by atoms with van der Waals surface area (Å²) in [5.74, 6) is -4.00. The molecule has 0 saturated heterocycles. The molecule has 6 nitrogen and oxygen atoms in total. The number of nitro benzene ring substituents is 2. The van der Waals surface area contributed by atoms with Crippen LogP contribution < -0.4 is 0 Å². The molecule has 0 N–H and O–H groups in total. The van der Waals surface area contributed by atoms with Gasteiger partial charge in [-0.3, -0.25) is 20.2 Å². The lowest BCUT2D eigenvalue weighted by Gasteiger charge is -2.10. The summed E-state index contributed by atoms with van der Waals surface area (Å²) in [4.78, 5) is 19.0. The van der Waals surface area contributed by atoms with Gasteiger partial charge in [0.15, 0.2) is 11.6 Å². The van der Waals surface area contributed by atoms with Gasteiger partial charge in [-0.05, 0) is 13.0 Å². The number of benzene rings is 2. The van der Waals surface area contributed by atoms with Crippen molar-refractivity contribution in [2.75, 3.05) is 0 Å². The van der Waals surface area contributed by atoms with Crippen molar-refractivity contribution in [2.24, 2.45) is 0 Å². The molecule has 24 heavy (non-hydrogen) atoms. The van der Waals surface area contributed by atoms with Gasteiger partial charge in [-0.1, -0.05) is 23.4 Å². The summed E-state index contributed by atoms with van der Waals surface area (Å²) in [7, 11) is 0. The van der Waals surface area contributed by atoms with Gasteiger partial charge in [0.2, 0.25) is 0 Å². The Morgan fingerprint density at radius 3 is 2.12 bits per heavy atom. The van der Waals surface area contributed by atoms with Gasteiger partial charge in [0.25, 0.3) is 0 Å². The van der Waals surface area contributed by atoms with Crippen LogP contribution in [0.1, 0.15) is 5.56 Å². The molecular formula is C13H6ClF3N2O4S. The van der Waals surface area contributed by atoms with Crippen molar-refractivity contribution >= 4 is 34.7 Å². The van der Waals surface area contributed by atoms with E-state index in [1.165, 1.54) is 0 Å². The summed E-state index contributed by atoms with van der Waals surface area (Å²) in [6, 6.07) is 2.72. The molecule has 0 aliphatic carbocycles. The Hall–Kier alpha value is -2.33. The van der Waals surface area contributed by atoms with Crippen LogP contribution in [0.2, 0.25) is 5.02 Å². The molecule has 0 radical (unpaired) electrons.